The molecule has 0 aliphatic heterocycles. The molecule has 0 saturated heterocycles. The van der Waals surface area contributed by atoms with Crippen molar-refractivity contribution in [1.29, 1.82) is 0 Å². The molecule has 0 bridgehead atoms. The van der Waals surface area contributed by atoms with Gasteiger partial charge in [-0.05, 0) is 35.1 Å². The van der Waals surface area contributed by atoms with Crippen LogP contribution in [0.1, 0.15) is 66.8 Å². The second-order valence-corrected chi connectivity index (χ2v) is 7.54. The SMILES string of the molecule is CC(C)c1cccc(C(C)C)c1Nc1cc(C(=O)NCc2ccccn2)ncn1. The monoisotopic (exact) mass is 389 g/mol. The van der Waals surface area contributed by atoms with Gasteiger partial charge >= 0.3 is 0 Å². The average molecular weight is 390 g/mol. The highest BCUT2D eigenvalue weighted by Gasteiger charge is 2.15. The maximum absolute atomic E-state index is 12.5. The first kappa shape index (κ1) is 20.5. The normalized spacial score (nSPS) is 11.0. The first-order chi connectivity index (χ1) is 14.0. The smallest absolute Gasteiger partial charge is 0.270 e. The summed E-state index contributed by atoms with van der Waals surface area (Å²) in [6.45, 7) is 9.02. The lowest BCUT2D eigenvalue weighted by molar-refractivity contribution is 0.0945. The summed E-state index contributed by atoms with van der Waals surface area (Å²) in [6.07, 6.45) is 3.11. The summed E-state index contributed by atoms with van der Waals surface area (Å²) in [6, 6.07) is 13.6. The van der Waals surface area contributed by atoms with Crippen LogP contribution in [-0.2, 0) is 6.54 Å². The molecule has 0 radical (unpaired) electrons. The number of pyridine rings is 1. The second-order valence-electron chi connectivity index (χ2n) is 7.54. The minimum absolute atomic E-state index is 0.262. The lowest BCUT2D eigenvalue weighted by Gasteiger charge is -2.20. The van der Waals surface area contributed by atoms with Crippen LogP contribution in [0.5, 0.6) is 0 Å². The summed E-state index contributed by atoms with van der Waals surface area (Å²) in [5.74, 6) is 1.05. The van der Waals surface area contributed by atoms with E-state index in [1.165, 1.54) is 17.5 Å². The number of nitrogens with one attached hydrogen (secondary N) is 2. The molecule has 6 heteroatoms. The molecule has 0 saturated carbocycles. The Kier molecular flexibility index (Phi) is 6.54. The van der Waals surface area contributed by atoms with Crippen LogP contribution in [0.3, 0.4) is 0 Å². The van der Waals surface area contributed by atoms with Crippen molar-refractivity contribution >= 4 is 17.4 Å². The highest BCUT2D eigenvalue weighted by Crippen LogP contribution is 2.34. The molecular weight excluding hydrogens is 362 g/mol. The van der Waals surface area contributed by atoms with E-state index in [1.807, 2.05) is 18.2 Å². The van der Waals surface area contributed by atoms with Gasteiger partial charge in [0.2, 0.25) is 0 Å². The zero-order chi connectivity index (χ0) is 20.8. The van der Waals surface area contributed by atoms with Crippen molar-refractivity contribution in [3.05, 3.63) is 77.5 Å². The van der Waals surface area contributed by atoms with Gasteiger partial charge in [0.05, 0.1) is 12.2 Å². The number of benzene rings is 1. The fourth-order valence-corrected chi connectivity index (χ4v) is 3.14. The Morgan fingerprint density at radius 1 is 0.931 bits per heavy atom. The van der Waals surface area contributed by atoms with Crippen LogP contribution in [0.2, 0.25) is 0 Å². The van der Waals surface area contributed by atoms with E-state index in [4.69, 9.17) is 0 Å². The molecule has 0 unspecified atom stereocenters. The third-order valence-electron chi connectivity index (χ3n) is 4.68. The van der Waals surface area contributed by atoms with Crippen molar-refractivity contribution in [3.8, 4) is 0 Å². The zero-order valence-electron chi connectivity index (χ0n) is 17.3. The van der Waals surface area contributed by atoms with Gasteiger partial charge in [-0.3, -0.25) is 9.78 Å². The van der Waals surface area contributed by atoms with Crippen molar-refractivity contribution in [2.24, 2.45) is 0 Å². The number of nitrogens with zero attached hydrogens (tertiary/aromatic N) is 3. The Hall–Kier alpha value is -3.28. The Morgan fingerprint density at radius 2 is 1.66 bits per heavy atom. The average Bonchev–Trinajstić information content (AvgIpc) is 2.72. The van der Waals surface area contributed by atoms with E-state index >= 15 is 0 Å². The molecule has 1 amide bonds. The van der Waals surface area contributed by atoms with Gasteiger partial charge in [-0.1, -0.05) is 52.0 Å². The van der Waals surface area contributed by atoms with Gasteiger partial charge in [0, 0.05) is 18.0 Å². The fourth-order valence-electron chi connectivity index (χ4n) is 3.14. The van der Waals surface area contributed by atoms with Gasteiger partial charge in [-0.15, -0.1) is 0 Å². The lowest BCUT2D eigenvalue weighted by Crippen LogP contribution is -2.24. The predicted molar refractivity (Wildman–Crippen MR) is 115 cm³/mol. The maximum Gasteiger partial charge on any atom is 0.270 e. The molecule has 6 nitrogen and oxygen atoms in total. The Balaban J connectivity index is 1.81. The molecule has 0 spiro atoms. The van der Waals surface area contributed by atoms with E-state index in [2.05, 4.69) is 71.5 Å². The molecule has 150 valence electrons. The molecule has 2 aromatic heterocycles. The third kappa shape index (κ3) is 5.16. The van der Waals surface area contributed by atoms with Crippen molar-refractivity contribution in [2.45, 2.75) is 46.1 Å². The number of carbonyl (C=O) groups is 1. The van der Waals surface area contributed by atoms with Crippen LogP contribution in [0.15, 0.2) is 55.0 Å². The standard InChI is InChI=1S/C23H27N5O/c1-15(2)18-9-7-10-19(16(3)4)22(18)28-21-12-20(26-14-27-21)23(29)25-13-17-8-5-6-11-24-17/h5-12,14-16H,13H2,1-4H3,(H,25,29)(H,26,27,28). The highest BCUT2D eigenvalue weighted by molar-refractivity contribution is 5.93. The summed E-state index contributed by atoms with van der Waals surface area (Å²) < 4.78 is 0. The summed E-state index contributed by atoms with van der Waals surface area (Å²) in [4.78, 5) is 25.2. The van der Waals surface area contributed by atoms with Gasteiger partial charge in [0.25, 0.3) is 5.91 Å². The third-order valence-corrected chi connectivity index (χ3v) is 4.68. The van der Waals surface area contributed by atoms with E-state index in [1.54, 1.807) is 12.3 Å². The quantitative estimate of drug-likeness (QED) is 0.607. The minimum atomic E-state index is -0.262. The van der Waals surface area contributed by atoms with Gasteiger partial charge in [0.15, 0.2) is 0 Å². The van der Waals surface area contributed by atoms with E-state index in [9.17, 15) is 4.79 Å². The Morgan fingerprint density at radius 3 is 2.28 bits per heavy atom. The molecule has 0 aliphatic rings. The van der Waals surface area contributed by atoms with Crippen molar-refractivity contribution in [3.63, 3.8) is 0 Å². The number of rotatable bonds is 7. The summed E-state index contributed by atoms with van der Waals surface area (Å²) in [5.41, 5.74) is 4.59. The molecule has 0 aliphatic carbocycles. The van der Waals surface area contributed by atoms with Crippen LogP contribution in [-0.4, -0.2) is 20.9 Å². The molecule has 3 aromatic rings. The van der Waals surface area contributed by atoms with Crippen LogP contribution < -0.4 is 10.6 Å². The van der Waals surface area contributed by atoms with Crippen molar-refractivity contribution in [1.82, 2.24) is 20.3 Å². The second kappa shape index (κ2) is 9.28. The first-order valence-electron chi connectivity index (χ1n) is 9.85. The Bertz CT molecular complexity index is 944. The topological polar surface area (TPSA) is 79.8 Å². The molecule has 0 fully saturated rings. The summed E-state index contributed by atoms with van der Waals surface area (Å²) in [7, 11) is 0. The number of amides is 1. The van der Waals surface area contributed by atoms with Crippen LogP contribution in [0.4, 0.5) is 11.5 Å². The number of carbonyl (C=O) groups excluding carboxylic acids is 1. The molecule has 2 N–H and O–H groups in total. The molecule has 1 aromatic carbocycles. The lowest BCUT2D eigenvalue weighted by atomic mass is 9.92. The molecule has 2 heterocycles. The first-order valence-corrected chi connectivity index (χ1v) is 9.85. The van der Waals surface area contributed by atoms with Crippen molar-refractivity contribution in [2.75, 3.05) is 5.32 Å². The van der Waals surface area contributed by atoms with Crippen LogP contribution >= 0.6 is 0 Å². The molecule has 3 rings (SSSR count). The number of hydrogen-bond donors (Lipinski definition) is 2. The van der Waals surface area contributed by atoms with Crippen LogP contribution in [0.25, 0.3) is 0 Å². The van der Waals surface area contributed by atoms with Gasteiger partial charge < -0.3 is 10.6 Å². The zero-order valence-corrected chi connectivity index (χ0v) is 17.3. The number of anilines is 2. The fraction of sp³-hybridized carbons (Fsp3) is 0.304. The van der Waals surface area contributed by atoms with Crippen molar-refractivity contribution < 1.29 is 4.79 Å². The van der Waals surface area contributed by atoms with E-state index < -0.39 is 0 Å². The summed E-state index contributed by atoms with van der Waals surface area (Å²) in [5, 5.41) is 6.28. The van der Waals surface area contributed by atoms with E-state index in [-0.39, 0.29) is 5.91 Å². The number of hydrogen-bond acceptors (Lipinski definition) is 5. The van der Waals surface area contributed by atoms with Gasteiger partial charge in [-0.25, -0.2) is 9.97 Å². The van der Waals surface area contributed by atoms with Gasteiger partial charge in [0.1, 0.15) is 17.8 Å². The summed E-state index contributed by atoms with van der Waals surface area (Å²) >= 11 is 0. The minimum Gasteiger partial charge on any atom is -0.345 e. The van der Waals surface area contributed by atoms with Crippen LogP contribution in [0, 0.1) is 0 Å². The molecular formula is C23H27N5O. The van der Waals surface area contributed by atoms with Gasteiger partial charge in [-0.2, -0.15) is 0 Å². The number of aromatic nitrogens is 3. The Labute approximate surface area is 171 Å². The number of para-hydroxylation sites is 1. The maximum atomic E-state index is 12.5. The molecule has 29 heavy (non-hydrogen) atoms. The van der Waals surface area contributed by atoms with E-state index in [0.717, 1.165) is 11.4 Å². The van der Waals surface area contributed by atoms with E-state index in [0.29, 0.717) is 29.9 Å². The predicted octanol–water partition coefficient (Wildman–Crippen LogP) is 4.79. The largest absolute Gasteiger partial charge is 0.345 e. The highest BCUT2D eigenvalue weighted by atomic mass is 16.1. The molecule has 0 atom stereocenters.